The van der Waals surface area contributed by atoms with Crippen LogP contribution in [0.5, 0.6) is 0 Å². The maximum Gasteiger partial charge on any atom is 0.304 e. The monoisotopic (exact) mass is 262 g/mol. The first kappa shape index (κ1) is 13.3. The zero-order chi connectivity index (χ0) is 13.8. The Kier molecular flexibility index (Phi) is 3.97. The molecule has 0 aliphatic carbocycles. The van der Waals surface area contributed by atoms with Gasteiger partial charge in [-0.2, -0.15) is 5.26 Å². The van der Waals surface area contributed by atoms with E-state index in [-0.39, 0.29) is 12.7 Å². The molecule has 2 unspecified atom stereocenters. The summed E-state index contributed by atoms with van der Waals surface area (Å²) in [5, 5.41) is 23.8. The number of carboxylic acid groups (broad SMARTS) is 1. The Hall–Kier alpha value is -2.14. The molecule has 2 rings (SSSR count). The molecule has 1 fully saturated rings. The number of hydroxylamine groups is 1. The van der Waals surface area contributed by atoms with Crippen molar-refractivity contribution in [1.82, 2.24) is 10.5 Å². The fourth-order valence-corrected chi connectivity index (χ4v) is 1.76. The number of anilines is 1. The second-order valence-corrected chi connectivity index (χ2v) is 3.96. The van der Waals surface area contributed by atoms with Crippen LogP contribution in [0.2, 0.25) is 0 Å². The van der Waals surface area contributed by atoms with Crippen molar-refractivity contribution < 1.29 is 14.7 Å². The molecule has 1 heterocycles. The molecule has 1 saturated heterocycles. The number of rotatable bonds is 6. The molecule has 0 spiro atoms. The van der Waals surface area contributed by atoms with Crippen molar-refractivity contribution in [1.29, 1.82) is 5.26 Å². The van der Waals surface area contributed by atoms with Gasteiger partial charge in [0.1, 0.15) is 0 Å². The van der Waals surface area contributed by atoms with Crippen LogP contribution in [-0.2, 0) is 9.63 Å². The molecule has 100 valence electrons. The van der Waals surface area contributed by atoms with Gasteiger partial charge in [-0.05, 0) is 24.3 Å². The number of aliphatic carboxylic acids is 1. The predicted octanol–water partition coefficient (Wildman–Crippen LogP) is 0.505. The molecular formula is C12H14N4O3. The molecule has 7 nitrogen and oxygen atoms in total. The highest BCUT2D eigenvalue weighted by molar-refractivity contribution is 5.66. The van der Waals surface area contributed by atoms with Gasteiger partial charge in [0.15, 0.2) is 6.29 Å². The SMILES string of the molecule is CON1C(NCCC(=O)O)N1c1ccc(C#N)cc1. The lowest BCUT2D eigenvalue weighted by molar-refractivity contribution is -0.136. The van der Waals surface area contributed by atoms with Gasteiger partial charge in [-0.25, -0.2) is 5.01 Å². The fourth-order valence-electron chi connectivity index (χ4n) is 1.76. The summed E-state index contributed by atoms with van der Waals surface area (Å²) in [7, 11) is 1.54. The molecule has 0 saturated carbocycles. The Morgan fingerprint density at radius 3 is 2.74 bits per heavy atom. The number of hydrogen-bond donors (Lipinski definition) is 2. The predicted molar refractivity (Wildman–Crippen MR) is 66.5 cm³/mol. The average Bonchev–Trinajstić information content (AvgIpc) is 3.11. The lowest BCUT2D eigenvalue weighted by atomic mass is 10.2. The van der Waals surface area contributed by atoms with Gasteiger partial charge in [0, 0.05) is 6.54 Å². The first-order chi connectivity index (χ1) is 9.17. The number of carbonyl (C=O) groups is 1. The second-order valence-electron chi connectivity index (χ2n) is 3.96. The van der Waals surface area contributed by atoms with E-state index in [4.69, 9.17) is 15.2 Å². The summed E-state index contributed by atoms with van der Waals surface area (Å²) in [6.07, 6.45) is -0.132. The van der Waals surface area contributed by atoms with E-state index in [1.54, 1.807) is 17.3 Å². The van der Waals surface area contributed by atoms with E-state index in [1.165, 1.54) is 7.11 Å². The van der Waals surface area contributed by atoms with Gasteiger partial charge < -0.3 is 5.11 Å². The average molecular weight is 262 g/mol. The standard InChI is InChI=1S/C12H14N4O3/c1-19-16-12(14-7-6-11(17)18)15(16)10-4-2-9(8-13)3-5-10/h2-5,12,14H,6-7H2,1H3,(H,17,18). The van der Waals surface area contributed by atoms with Gasteiger partial charge in [0.05, 0.1) is 30.9 Å². The van der Waals surface area contributed by atoms with Gasteiger partial charge in [-0.15, -0.1) is 0 Å². The summed E-state index contributed by atoms with van der Waals surface area (Å²) in [4.78, 5) is 15.6. The van der Waals surface area contributed by atoms with Crippen molar-refractivity contribution in [3.05, 3.63) is 29.8 Å². The smallest absolute Gasteiger partial charge is 0.304 e. The second kappa shape index (κ2) is 5.67. The van der Waals surface area contributed by atoms with E-state index in [0.29, 0.717) is 12.1 Å². The minimum Gasteiger partial charge on any atom is -0.481 e. The first-order valence-corrected chi connectivity index (χ1v) is 5.75. The van der Waals surface area contributed by atoms with Crippen LogP contribution in [0, 0.1) is 11.3 Å². The van der Waals surface area contributed by atoms with E-state index >= 15 is 0 Å². The van der Waals surface area contributed by atoms with Crippen molar-refractivity contribution >= 4 is 11.7 Å². The largest absolute Gasteiger partial charge is 0.481 e. The molecule has 0 amide bonds. The van der Waals surface area contributed by atoms with Crippen molar-refractivity contribution in [2.75, 3.05) is 18.7 Å². The molecule has 1 aromatic carbocycles. The molecule has 7 heteroatoms. The van der Waals surface area contributed by atoms with E-state index in [0.717, 1.165) is 5.69 Å². The summed E-state index contributed by atoms with van der Waals surface area (Å²) >= 11 is 0. The lowest BCUT2D eigenvalue weighted by Gasteiger charge is -2.03. The molecule has 1 aliphatic rings. The highest BCUT2D eigenvalue weighted by atomic mass is 16.8. The number of nitriles is 1. The summed E-state index contributed by atoms with van der Waals surface area (Å²) in [6, 6.07) is 9.11. The van der Waals surface area contributed by atoms with Crippen LogP contribution in [0.3, 0.4) is 0 Å². The Bertz CT molecular complexity index is 497. The van der Waals surface area contributed by atoms with Crippen molar-refractivity contribution in [2.45, 2.75) is 12.7 Å². The van der Waals surface area contributed by atoms with Crippen LogP contribution in [0.1, 0.15) is 12.0 Å². The van der Waals surface area contributed by atoms with Crippen LogP contribution in [0.15, 0.2) is 24.3 Å². The van der Waals surface area contributed by atoms with E-state index in [1.807, 2.05) is 17.1 Å². The van der Waals surface area contributed by atoms with Gasteiger partial charge >= 0.3 is 5.97 Å². The summed E-state index contributed by atoms with van der Waals surface area (Å²) in [6.45, 7) is 0.354. The molecule has 0 aromatic heterocycles. The van der Waals surface area contributed by atoms with Crippen LogP contribution in [0.4, 0.5) is 5.69 Å². The van der Waals surface area contributed by atoms with E-state index < -0.39 is 5.97 Å². The van der Waals surface area contributed by atoms with Gasteiger partial charge in [0.2, 0.25) is 0 Å². The number of hydrazine groups is 1. The molecule has 0 bridgehead atoms. The third-order valence-electron chi connectivity index (χ3n) is 2.71. The Morgan fingerprint density at radius 1 is 1.53 bits per heavy atom. The van der Waals surface area contributed by atoms with Crippen molar-refractivity contribution in [3.63, 3.8) is 0 Å². The highest BCUT2D eigenvalue weighted by Gasteiger charge is 2.46. The minimum absolute atomic E-state index is 0.0509. The van der Waals surface area contributed by atoms with Crippen LogP contribution >= 0.6 is 0 Å². The topological polar surface area (TPSA) is 88.4 Å². The van der Waals surface area contributed by atoms with E-state index in [2.05, 4.69) is 11.4 Å². The van der Waals surface area contributed by atoms with Crippen molar-refractivity contribution in [3.8, 4) is 6.07 Å². The molecule has 0 radical (unpaired) electrons. The third kappa shape index (κ3) is 3.00. The lowest BCUT2D eigenvalue weighted by Crippen LogP contribution is -2.25. The van der Waals surface area contributed by atoms with Gasteiger partial charge in [0.25, 0.3) is 0 Å². The highest BCUT2D eigenvalue weighted by Crippen LogP contribution is 2.31. The maximum atomic E-state index is 10.4. The quantitative estimate of drug-likeness (QED) is 0.722. The molecule has 2 atom stereocenters. The normalized spacial score (nSPS) is 20.9. The minimum atomic E-state index is -0.845. The Labute approximate surface area is 110 Å². The Morgan fingerprint density at radius 2 is 2.21 bits per heavy atom. The van der Waals surface area contributed by atoms with Crippen LogP contribution in [-0.4, -0.2) is 36.2 Å². The Balaban J connectivity index is 1.95. The number of hydrogen-bond acceptors (Lipinski definition) is 6. The van der Waals surface area contributed by atoms with E-state index in [9.17, 15) is 4.79 Å². The molecule has 1 aliphatic heterocycles. The summed E-state index contributed by atoms with van der Waals surface area (Å²) < 4.78 is 0. The van der Waals surface area contributed by atoms with Crippen molar-refractivity contribution in [2.24, 2.45) is 0 Å². The number of nitrogens with zero attached hydrogens (tertiary/aromatic N) is 3. The molecular weight excluding hydrogens is 248 g/mol. The van der Waals surface area contributed by atoms with Gasteiger partial charge in [-0.1, -0.05) is 5.17 Å². The molecule has 19 heavy (non-hydrogen) atoms. The maximum absolute atomic E-state index is 10.4. The first-order valence-electron chi connectivity index (χ1n) is 5.75. The molecule has 2 N–H and O–H groups in total. The zero-order valence-electron chi connectivity index (χ0n) is 10.4. The zero-order valence-corrected chi connectivity index (χ0v) is 10.4. The van der Waals surface area contributed by atoms with Gasteiger partial charge in [-0.3, -0.25) is 14.9 Å². The summed E-state index contributed by atoms with van der Waals surface area (Å²) in [5.74, 6) is -0.845. The number of nitrogens with one attached hydrogen (secondary N) is 1. The van der Waals surface area contributed by atoms with Crippen LogP contribution in [0.25, 0.3) is 0 Å². The summed E-state index contributed by atoms with van der Waals surface area (Å²) in [5.41, 5.74) is 1.46. The number of carboxylic acids is 1. The fraction of sp³-hybridized carbons (Fsp3) is 0.333. The number of benzene rings is 1. The molecule has 1 aromatic rings. The third-order valence-corrected chi connectivity index (χ3v) is 2.71. The van der Waals surface area contributed by atoms with Crippen LogP contribution < -0.4 is 10.3 Å².